The van der Waals surface area contributed by atoms with Gasteiger partial charge >= 0.3 is 101 Å². The second-order valence-corrected chi connectivity index (χ2v) is 8.39. The number of benzene rings is 1. The third-order valence-electron chi connectivity index (χ3n) is 1.82. The topological polar surface area (TPSA) is 52.6 Å². The molecule has 1 rings (SSSR count). The molecular weight excluding hydrogens is 385 g/mol. The van der Waals surface area contributed by atoms with Gasteiger partial charge in [-0.05, 0) is 0 Å². The first-order valence-corrected chi connectivity index (χ1v) is 9.43. The van der Waals surface area contributed by atoms with E-state index < -0.39 is 25.0 Å². The van der Waals surface area contributed by atoms with E-state index in [1.54, 1.807) is 12.1 Å². The molecule has 15 heavy (non-hydrogen) atoms. The Hall–Kier alpha value is -0.905. The van der Waals surface area contributed by atoms with Gasteiger partial charge < -0.3 is 0 Å². The van der Waals surface area contributed by atoms with Gasteiger partial charge in [0.1, 0.15) is 0 Å². The molecule has 0 unspecified atom stereocenters. The van der Waals surface area contributed by atoms with E-state index >= 15 is 0 Å². The van der Waals surface area contributed by atoms with Crippen molar-refractivity contribution in [1.82, 2.24) is 0 Å². The van der Waals surface area contributed by atoms with Crippen molar-refractivity contribution < 1.29 is 42.0 Å². The van der Waals surface area contributed by atoms with Crippen LogP contribution in [-0.4, -0.2) is 19.0 Å². The molecule has 0 saturated carbocycles. The van der Waals surface area contributed by atoms with Crippen LogP contribution in [-0.2, 0) is 37.2 Å². The predicted molar refractivity (Wildman–Crippen MR) is 49.2 cm³/mol. The normalized spacial score (nSPS) is 8.93. The van der Waals surface area contributed by atoms with Gasteiger partial charge in [0.05, 0.1) is 0 Å². The van der Waals surface area contributed by atoms with Crippen molar-refractivity contribution in [1.29, 1.82) is 0 Å². The van der Waals surface area contributed by atoms with Gasteiger partial charge in [0.2, 0.25) is 0 Å². The molecule has 0 spiro atoms. The van der Waals surface area contributed by atoms with Gasteiger partial charge in [-0.3, -0.25) is 0 Å². The molecule has 4 nitrogen and oxygen atoms in total. The third-order valence-corrected chi connectivity index (χ3v) is 7.09. The predicted octanol–water partition coefficient (Wildman–Crippen LogP) is 0.659. The van der Waals surface area contributed by atoms with Crippen LogP contribution >= 0.6 is 0 Å². The summed E-state index contributed by atoms with van der Waals surface area (Å²) in [5.41, 5.74) is 0.512. The summed E-state index contributed by atoms with van der Waals surface area (Å²) in [6.45, 7) is 1.41. The maximum absolute atomic E-state index is 11.1. The van der Waals surface area contributed by atoms with Gasteiger partial charge in [0, 0.05) is 0 Å². The molecule has 76 valence electrons. The summed E-state index contributed by atoms with van der Waals surface area (Å²) in [6.07, 6.45) is 0. The molecule has 0 saturated heterocycles. The molecule has 1 aromatic rings. The van der Waals surface area contributed by atoms with E-state index in [1.165, 1.54) is 14.0 Å². The molecule has 0 fully saturated rings. The number of hydrogen-bond donors (Lipinski definition) is 0. The number of rotatable bonds is 3. The van der Waals surface area contributed by atoms with Crippen LogP contribution in [0.2, 0.25) is 0 Å². The fraction of sp³-hybridized carbons (Fsp3) is 0.200. The molecule has 1 aromatic carbocycles. The second kappa shape index (κ2) is 5.85. The molecule has 0 aliphatic carbocycles. The van der Waals surface area contributed by atoms with Gasteiger partial charge in [0.15, 0.2) is 0 Å². The van der Waals surface area contributed by atoms with E-state index in [-0.39, 0.29) is 11.9 Å². The van der Waals surface area contributed by atoms with Crippen LogP contribution in [0.4, 0.5) is 0 Å². The van der Waals surface area contributed by atoms with Crippen molar-refractivity contribution in [3.63, 3.8) is 0 Å². The van der Waals surface area contributed by atoms with E-state index in [1.807, 2.05) is 12.1 Å². The van der Waals surface area contributed by atoms with Crippen LogP contribution in [0.3, 0.4) is 0 Å². The van der Waals surface area contributed by atoms with Gasteiger partial charge in [-0.15, -0.1) is 0 Å². The first-order chi connectivity index (χ1) is 7.13. The summed E-state index contributed by atoms with van der Waals surface area (Å²) in [7, 11) is 1.34. The molecule has 0 aliphatic rings. The van der Waals surface area contributed by atoms with Crippen molar-refractivity contribution in [3.8, 4) is 0 Å². The van der Waals surface area contributed by atoms with Crippen molar-refractivity contribution in [2.24, 2.45) is 0 Å². The Labute approximate surface area is 101 Å². The van der Waals surface area contributed by atoms with Crippen LogP contribution in [0.5, 0.6) is 0 Å². The van der Waals surface area contributed by atoms with E-state index in [0.717, 1.165) is 3.07 Å². The van der Waals surface area contributed by atoms with Crippen LogP contribution in [0.1, 0.15) is 17.3 Å². The molecule has 0 amide bonds. The molecule has 5 heteroatoms. The first-order valence-electron chi connectivity index (χ1n) is 4.44. The minimum atomic E-state index is -1.74. The Morgan fingerprint density at radius 3 is 2.27 bits per heavy atom. The second-order valence-electron chi connectivity index (χ2n) is 2.97. The molecule has 0 heterocycles. The van der Waals surface area contributed by atoms with Gasteiger partial charge in [-0.2, -0.15) is 0 Å². The van der Waals surface area contributed by atoms with Crippen molar-refractivity contribution in [2.75, 3.05) is 7.11 Å². The Morgan fingerprint density at radius 2 is 1.80 bits per heavy atom. The number of carbonyl (C=O) groups excluding carboxylic acids is 2. The van der Waals surface area contributed by atoms with E-state index in [0.29, 0.717) is 5.56 Å². The fourth-order valence-electron chi connectivity index (χ4n) is 1.04. The standard InChI is InChI=1S/C8H7O2.C2H4O2.Hg/c1-10-8(9)7-5-3-2-4-6-7;1-2(3)4;/h3-6H,1H3;1H3,(H,3,4);/q;;+1/p-1. The van der Waals surface area contributed by atoms with Gasteiger partial charge in [-0.1, -0.05) is 0 Å². The fourth-order valence-corrected chi connectivity index (χ4v) is 4.14. The average Bonchev–Trinajstić information content (AvgIpc) is 2.26. The summed E-state index contributed by atoms with van der Waals surface area (Å²) in [5.74, 6) is -0.584. The Morgan fingerprint density at radius 1 is 1.20 bits per heavy atom. The Kier molecular flexibility index (Phi) is 4.75. The molecule has 0 bridgehead atoms. The zero-order valence-corrected chi connectivity index (χ0v) is 14.1. The van der Waals surface area contributed by atoms with Crippen LogP contribution in [0, 0.1) is 0 Å². The monoisotopic (exact) mass is 396 g/mol. The quantitative estimate of drug-likeness (QED) is 0.558. The maximum atomic E-state index is 11.1. The summed E-state index contributed by atoms with van der Waals surface area (Å²) in [5, 5.41) is 0. The number of carbonyl (C=O) groups is 2. The van der Waals surface area contributed by atoms with Crippen LogP contribution in [0.25, 0.3) is 0 Å². The summed E-state index contributed by atoms with van der Waals surface area (Å²) < 4.78 is 10.6. The van der Waals surface area contributed by atoms with Crippen LogP contribution < -0.4 is 3.07 Å². The SMILES string of the molecule is COC(=O)c1cc[c]([Hg][O]C(C)=O)cc1. The van der Waals surface area contributed by atoms with E-state index in [9.17, 15) is 9.59 Å². The molecule has 0 radical (unpaired) electrons. The van der Waals surface area contributed by atoms with Gasteiger partial charge in [0.25, 0.3) is 0 Å². The summed E-state index contributed by atoms with van der Waals surface area (Å²) >= 11 is -1.74. The molecular formula is C10H10HgO4. The molecule has 0 aromatic heterocycles. The molecule has 0 aliphatic heterocycles. The third kappa shape index (κ3) is 3.99. The summed E-state index contributed by atoms with van der Waals surface area (Å²) in [6, 6.07) is 7.00. The Balaban J connectivity index is 2.64. The minimum absolute atomic E-state index is 0.228. The van der Waals surface area contributed by atoms with E-state index in [4.69, 9.17) is 2.64 Å². The van der Waals surface area contributed by atoms with Crippen LogP contribution in [0.15, 0.2) is 24.3 Å². The first kappa shape index (κ1) is 12.2. The summed E-state index contributed by atoms with van der Waals surface area (Å²) in [4.78, 5) is 21.7. The number of hydrogen-bond acceptors (Lipinski definition) is 4. The zero-order valence-electron chi connectivity index (χ0n) is 8.65. The van der Waals surface area contributed by atoms with Crippen molar-refractivity contribution >= 4 is 15.0 Å². The zero-order chi connectivity index (χ0) is 11.3. The number of ether oxygens (including phenoxy) is 1. The number of esters is 1. The van der Waals surface area contributed by atoms with Crippen molar-refractivity contribution in [3.05, 3.63) is 29.8 Å². The Bertz CT molecular complexity index is 358. The molecule has 0 N–H and O–H groups in total. The van der Waals surface area contributed by atoms with E-state index in [2.05, 4.69) is 4.74 Å². The average molecular weight is 395 g/mol. The number of methoxy groups -OCH3 is 1. The van der Waals surface area contributed by atoms with Gasteiger partial charge in [-0.25, -0.2) is 0 Å². The molecule has 0 atom stereocenters. The van der Waals surface area contributed by atoms with Crippen molar-refractivity contribution in [2.45, 2.75) is 6.92 Å².